The van der Waals surface area contributed by atoms with Crippen LogP contribution in [0.15, 0.2) is 22.7 Å². The van der Waals surface area contributed by atoms with Crippen LogP contribution in [0.25, 0.3) is 0 Å². The fourth-order valence-electron chi connectivity index (χ4n) is 1.21. The van der Waals surface area contributed by atoms with Gasteiger partial charge in [0.15, 0.2) is 0 Å². The number of hydrogen-bond acceptors (Lipinski definition) is 3. The van der Waals surface area contributed by atoms with Crippen molar-refractivity contribution in [3.05, 3.63) is 28.2 Å². The number of amides is 1. The number of nitriles is 1. The Kier molecular flexibility index (Phi) is 4.67. The Morgan fingerprint density at radius 2 is 2.18 bits per heavy atom. The molecule has 0 aliphatic carbocycles. The number of nitrogens with one attached hydrogen (secondary N) is 1. The highest BCUT2D eigenvalue weighted by Gasteiger charge is 2.17. The van der Waals surface area contributed by atoms with Gasteiger partial charge in [-0.1, -0.05) is 13.8 Å². The third-order valence-corrected chi connectivity index (χ3v) is 3.03. The van der Waals surface area contributed by atoms with Crippen LogP contribution in [0.2, 0.25) is 0 Å². The molecule has 0 heterocycles. The van der Waals surface area contributed by atoms with E-state index < -0.39 is 6.04 Å². The molecule has 0 saturated heterocycles. The van der Waals surface area contributed by atoms with E-state index in [0.29, 0.717) is 15.7 Å². The smallest absolute Gasteiger partial charge is 0.241 e. The van der Waals surface area contributed by atoms with E-state index in [4.69, 9.17) is 11.0 Å². The molecule has 1 rings (SSSR count). The molecule has 0 radical (unpaired) electrons. The van der Waals surface area contributed by atoms with E-state index in [2.05, 4.69) is 21.2 Å². The first-order chi connectivity index (χ1) is 7.95. The summed E-state index contributed by atoms with van der Waals surface area (Å²) in [7, 11) is 0. The molecule has 1 aromatic rings. The Morgan fingerprint density at radius 1 is 1.53 bits per heavy atom. The second-order valence-electron chi connectivity index (χ2n) is 4.07. The molecule has 1 aromatic carbocycles. The summed E-state index contributed by atoms with van der Waals surface area (Å²) in [4.78, 5) is 11.7. The second-order valence-corrected chi connectivity index (χ2v) is 4.92. The number of halogens is 1. The van der Waals surface area contributed by atoms with Gasteiger partial charge in [0, 0.05) is 10.2 Å². The lowest BCUT2D eigenvalue weighted by Crippen LogP contribution is -2.39. The van der Waals surface area contributed by atoms with Crippen LogP contribution in [0.5, 0.6) is 0 Å². The zero-order chi connectivity index (χ0) is 13.0. The van der Waals surface area contributed by atoms with Crippen molar-refractivity contribution in [3.63, 3.8) is 0 Å². The lowest BCUT2D eigenvalue weighted by atomic mass is 10.0. The predicted octanol–water partition coefficient (Wildman–Crippen LogP) is 2.24. The Labute approximate surface area is 109 Å². The highest BCUT2D eigenvalue weighted by molar-refractivity contribution is 9.10. The molecule has 0 aliphatic rings. The van der Waals surface area contributed by atoms with Crippen molar-refractivity contribution in [2.45, 2.75) is 19.9 Å². The summed E-state index contributed by atoms with van der Waals surface area (Å²) in [6.45, 7) is 3.78. The molecular formula is C12H14BrN3O. The van der Waals surface area contributed by atoms with Gasteiger partial charge in [0.2, 0.25) is 5.91 Å². The van der Waals surface area contributed by atoms with Gasteiger partial charge >= 0.3 is 0 Å². The third-order valence-electron chi connectivity index (χ3n) is 2.38. The third kappa shape index (κ3) is 3.55. The number of anilines is 1. The van der Waals surface area contributed by atoms with E-state index in [1.807, 2.05) is 19.9 Å². The molecule has 0 aliphatic heterocycles. The van der Waals surface area contributed by atoms with E-state index in [-0.39, 0.29) is 11.8 Å². The largest absolute Gasteiger partial charge is 0.325 e. The van der Waals surface area contributed by atoms with E-state index in [9.17, 15) is 4.79 Å². The van der Waals surface area contributed by atoms with E-state index in [0.717, 1.165) is 0 Å². The monoisotopic (exact) mass is 295 g/mol. The fourth-order valence-corrected chi connectivity index (χ4v) is 1.68. The van der Waals surface area contributed by atoms with Gasteiger partial charge in [-0.05, 0) is 40.0 Å². The van der Waals surface area contributed by atoms with Crippen LogP contribution in [0.1, 0.15) is 19.4 Å². The van der Waals surface area contributed by atoms with Crippen LogP contribution >= 0.6 is 15.9 Å². The maximum atomic E-state index is 11.7. The number of carbonyl (C=O) groups is 1. The quantitative estimate of drug-likeness (QED) is 0.897. The average Bonchev–Trinajstić information content (AvgIpc) is 2.28. The normalized spacial score (nSPS) is 12.0. The Bertz CT molecular complexity index is 465. The Balaban J connectivity index is 2.80. The van der Waals surface area contributed by atoms with Gasteiger partial charge in [0.05, 0.1) is 11.6 Å². The van der Waals surface area contributed by atoms with Crippen LogP contribution in [0.3, 0.4) is 0 Å². The first-order valence-electron chi connectivity index (χ1n) is 5.21. The summed E-state index contributed by atoms with van der Waals surface area (Å²) in [6, 6.07) is 6.49. The molecule has 0 aromatic heterocycles. The van der Waals surface area contributed by atoms with Crippen molar-refractivity contribution in [1.29, 1.82) is 5.26 Å². The van der Waals surface area contributed by atoms with Crippen LogP contribution < -0.4 is 11.1 Å². The van der Waals surface area contributed by atoms with Crippen molar-refractivity contribution < 1.29 is 4.79 Å². The summed E-state index contributed by atoms with van der Waals surface area (Å²) < 4.78 is 0.649. The van der Waals surface area contributed by atoms with E-state index in [1.54, 1.807) is 18.2 Å². The van der Waals surface area contributed by atoms with Gasteiger partial charge in [-0.25, -0.2) is 0 Å². The molecule has 1 amide bonds. The van der Waals surface area contributed by atoms with Crippen molar-refractivity contribution in [2.24, 2.45) is 11.7 Å². The average molecular weight is 296 g/mol. The van der Waals surface area contributed by atoms with Crippen molar-refractivity contribution in [3.8, 4) is 6.07 Å². The van der Waals surface area contributed by atoms with E-state index in [1.165, 1.54) is 0 Å². The zero-order valence-electron chi connectivity index (χ0n) is 9.70. The molecule has 0 spiro atoms. The number of nitrogens with two attached hydrogens (primary N) is 1. The molecule has 3 N–H and O–H groups in total. The van der Waals surface area contributed by atoms with Crippen molar-refractivity contribution >= 4 is 27.5 Å². The fraction of sp³-hybridized carbons (Fsp3) is 0.333. The van der Waals surface area contributed by atoms with Gasteiger partial charge in [0.25, 0.3) is 0 Å². The molecular weight excluding hydrogens is 282 g/mol. The van der Waals surface area contributed by atoms with Gasteiger partial charge < -0.3 is 11.1 Å². The predicted molar refractivity (Wildman–Crippen MR) is 70.3 cm³/mol. The van der Waals surface area contributed by atoms with Gasteiger partial charge in [0.1, 0.15) is 6.07 Å². The maximum absolute atomic E-state index is 11.7. The molecule has 4 nitrogen and oxygen atoms in total. The summed E-state index contributed by atoms with van der Waals surface area (Å²) in [5.74, 6) is -0.145. The minimum Gasteiger partial charge on any atom is -0.325 e. The first kappa shape index (κ1) is 13.7. The number of rotatable bonds is 3. The zero-order valence-corrected chi connectivity index (χ0v) is 11.3. The second kappa shape index (κ2) is 5.80. The summed E-state index contributed by atoms with van der Waals surface area (Å²) >= 11 is 3.26. The molecule has 0 saturated carbocycles. The SMILES string of the molecule is CC(C)[C@H](N)C(=O)Nc1ccc(C#N)c(Br)c1. The standard InChI is InChI=1S/C12H14BrN3O/c1-7(2)11(15)12(17)16-9-4-3-8(6-14)10(13)5-9/h3-5,7,11H,15H2,1-2H3,(H,16,17)/t11-/m0/s1. The Morgan fingerprint density at radius 3 is 2.65 bits per heavy atom. The molecule has 1 atom stereocenters. The van der Waals surface area contributed by atoms with Gasteiger partial charge in [-0.2, -0.15) is 5.26 Å². The number of carbonyl (C=O) groups excluding carboxylic acids is 1. The number of nitrogens with zero attached hydrogens (tertiary/aromatic N) is 1. The minimum absolute atomic E-state index is 0.0804. The topological polar surface area (TPSA) is 78.9 Å². The van der Waals surface area contributed by atoms with Crippen LogP contribution in [-0.4, -0.2) is 11.9 Å². The lowest BCUT2D eigenvalue weighted by Gasteiger charge is -2.15. The van der Waals surface area contributed by atoms with Crippen LogP contribution in [0, 0.1) is 17.2 Å². The molecule has 0 fully saturated rings. The lowest BCUT2D eigenvalue weighted by molar-refractivity contribution is -0.118. The molecule has 5 heteroatoms. The van der Waals surface area contributed by atoms with Crippen molar-refractivity contribution in [1.82, 2.24) is 0 Å². The maximum Gasteiger partial charge on any atom is 0.241 e. The van der Waals surface area contributed by atoms with Gasteiger partial charge in [-0.15, -0.1) is 0 Å². The highest BCUT2D eigenvalue weighted by atomic mass is 79.9. The molecule has 0 unspecified atom stereocenters. The van der Waals surface area contributed by atoms with E-state index >= 15 is 0 Å². The van der Waals surface area contributed by atoms with Gasteiger partial charge in [-0.3, -0.25) is 4.79 Å². The van der Waals surface area contributed by atoms with Crippen LogP contribution in [0.4, 0.5) is 5.69 Å². The molecule has 17 heavy (non-hydrogen) atoms. The molecule has 90 valence electrons. The minimum atomic E-state index is -0.538. The summed E-state index contributed by atoms with van der Waals surface area (Å²) in [6.07, 6.45) is 0. The first-order valence-corrected chi connectivity index (χ1v) is 6.01. The summed E-state index contributed by atoms with van der Waals surface area (Å²) in [5.41, 5.74) is 6.87. The van der Waals surface area contributed by atoms with Crippen LogP contribution in [-0.2, 0) is 4.79 Å². The highest BCUT2D eigenvalue weighted by Crippen LogP contribution is 2.21. The Hall–Kier alpha value is -1.38. The number of benzene rings is 1. The summed E-state index contributed by atoms with van der Waals surface area (Å²) in [5, 5.41) is 11.5. The van der Waals surface area contributed by atoms with Crippen molar-refractivity contribution in [2.75, 3.05) is 5.32 Å². The number of hydrogen-bond donors (Lipinski definition) is 2. The molecule has 0 bridgehead atoms.